The van der Waals surface area contributed by atoms with Crippen molar-refractivity contribution in [2.24, 2.45) is 0 Å². The molecule has 32 heavy (non-hydrogen) atoms. The van der Waals surface area contributed by atoms with E-state index in [2.05, 4.69) is 36.8 Å². The number of phenols is 1. The van der Waals surface area contributed by atoms with E-state index in [4.69, 9.17) is 9.15 Å². The molecule has 0 spiro atoms. The van der Waals surface area contributed by atoms with Crippen molar-refractivity contribution in [2.75, 3.05) is 12.0 Å². The van der Waals surface area contributed by atoms with Crippen LogP contribution in [0.3, 0.4) is 0 Å². The lowest BCUT2D eigenvalue weighted by Gasteiger charge is -2.24. The van der Waals surface area contributed by atoms with Gasteiger partial charge in [-0.1, -0.05) is 22.0 Å². The monoisotopic (exact) mass is 556 g/mol. The molecule has 1 unspecified atom stereocenters. The SMILES string of the molecule is COc1cc(C2c3c(oc4ccc(Br)cc4c3=O)C(=O)N2c2ccccn2)cc(Br)c1O. The molecule has 1 aliphatic rings. The zero-order valence-corrected chi connectivity index (χ0v) is 19.7. The van der Waals surface area contributed by atoms with E-state index in [9.17, 15) is 14.7 Å². The van der Waals surface area contributed by atoms with Crippen LogP contribution in [0.5, 0.6) is 11.5 Å². The molecular weight excluding hydrogens is 544 g/mol. The summed E-state index contributed by atoms with van der Waals surface area (Å²) in [5.41, 5.74) is 0.746. The molecule has 4 aromatic rings. The van der Waals surface area contributed by atoms with Crippen LogP contribution >= 0.6 is 31.9 Å². The number of fused-ring (bicyclic) bond motifs is 2. The van der Waals surface area contributed by atoms with Gasteiger partial charge in [-0.25, -0.2) is 4.98 Å². The number of ether oxygens (including phenoxy) is 1. The molecule has 0 aliphatic carbocycles. The fraction of sp³-hybridized carbons (Fsp3) is 0.0870. The highest BCUT2D eigenvalue weighted by Crippen LogP contribution is 2.44. The van der Waals surface area contributed by atoms with Gasteiger partial charge < -0.3 is 14.3 Å². The van der Waals surface area contributed by atoms with E-state index in [0.29, 0.717) is 31.3 Å². The van der Waals surface area contributed by atoms with Crippen molar-refractivity contribution < 1.29 is 19.1 Å². The molecule has 1 atom stereocenters. The number of anilines is 1. The number of hydrogen-bond donors (Lipinski definition) is 1. The van der Waals surface area contributed by atoms with E-state index >= 15 is 0 Å². The number of hydrogen-bond acceptors (Lipinski definition) is 6. The number of methoxy groups -OCH3 is 1. The summed E-state index contributed by atoms with van der Waals surface area (Å²) in [6.45, 7) is 0. The van der Waals surface area contributed by atoms with Crippen LogP contribution in [0, 0.1) is 0 Å². The van der Waals surface area contributed by atoms with Crippen molar-refractivity contribution in [2.45, 2.75) is 6.04 Å². The second kappa shape index (κ2) is 7.75. The molecule has 5 rings (SSSR count). The Morgan fingerprint density at radius 1 is 1.12 bits per heavy atom. The van der Waals surface area contributed by atoms with Gasteiger partial charge in [-0.15, -0.1) is 0 Å². The number of amides is 1. The summed E-state index contributed by atoms with van der Waals surface area (Å²) in [4.78, 5) is 32.9. The van der Waals surface area contributed by atoms with Crippen molar-refractivity contribution in [1.29, 1.82) is 0 Å². The molecule has 0 radical (unpaired) electrons. The number of phenolic OH excluding ortho intramolecular Hbond substituents is 1. The minimum absolute atomic E-state index is 0.0383. The normalized spacial score (nSPS) is 15.3. The van der Waals surface area contributed by atoms with E-state index in [-0.39, 0.29) is 28.3 Å². The number of nitrogens with zero attached hydrogens (tertiary/aromatic N) is 2. The van der Waals surface area contributed by atoms with E-state index in [1.54, 1.807) is 54.7 Å². The molecule has 1 N–H and O–H groups in total. The van der Waals surface area contributed by atoms with Crippen LogP contribution in [-0.2, 0) is 0 Å². The Morgan fingerprint density at radius 3 is 2.66 bits per heavy atom. The van der Waals surface area contributed by atoms with Crippen LogP contribution in [0.25, 0.3) is 11.0 Å². The Bertz CT molecular complexity index is 1450. The molecule has 0 saturated carbocycles. The van der Waals surface area contributed by atoms with Crippen molar-refractivity contribution in [3.8, 4) is 11.5 Å². The average Bonchev–Trinajstić information content (AvgIpc) is 3.09. The predicted octanol–water partition coefficient (Wildman–Crippen LogP) is 5.18. The number of aromatic nitrogens is 1. The molecule has 1 amide bonds. The fourth-order valence-electron chi connectivity index (χ4n) is 3.90. The van der Waals surface area contributed by atoms with Gasteiger partial charge in [0.25, 0.3) is 5.91 Å². The second-order valence-corrected chi connectivity index (χ2v) is 8.90. The summed E-state index contributed by atoms with van der Waals surface area (Å²) in [5.74, 6) is -0.0389. The Balaban J connectivity index is 1.85. The van der Waals surface area contributed by atoms with Gasteiger partial charge in [0.2, 0.25) is 5.76 Å². The van der Waals surface area contributed by atoms with Crippen molar-refractivity contribution in [3.63, 3.8) is 0 Å². The number of carbonyl (C=O) groups is 1. The molecule has 2 aromatic carbocycles. The maximum absolute atomic E-state index is 13.6. The number of aromatic hydroxyl groups is 1. The lowest BCUT2D eigenvalue weighted by atomic mass is 9.98. The van der Waals surface area contributed by atoms with Crippen LogP contribution in [0.4, 0.5) is 5.82 Å². The minimum Gasteiger partial charge on any atom is -0.503 e. The summed E-state index contributed by atoms with van der Waals surface area (Å²) in [6, 6.07) is 12.6. The van der Waals surface area contributed by atoms with Crippen LogP contribution in [0.2, 0.25) is 0 Å². The number of benzene rings is 2. The third kappa shape index (κ3) is 3.11. The molecule has 3 heterocycles. The number of rotatable bonds is 3. The standard InChI is InChI=1S/C23H14Br2N2O5/c1-31-16-9-11(8-14(25)21(16)29)19-18-20(28)13-10-12(24)5-6-15(13)32-22(18)23(30)27(19)17-4-2-3-7-26-17/h2-10,19,29H,1H3. The lowest BCUT2D eigenvalue weighted by Crippen LogP contribution is -2.30. The predicted molar refractivity (Wildman–Crippen MR) is 125 cm³/mol. The molecule has 9 heteroatoms. The molecule has 160 valence electrons. The van der Waals surface area contributed by atoms with E-state index in [1.165, 1.54) is 12.0 Å². The highest BCUT2D eigenvalue weighted by atomic mass is 79.9. The first-order valence-electron chi connectivity index (χ1n) is 9.48. The highest BCUT2D eigenvalue weighted by Gasteiger charge is 2.44. The van der Waals surface area contributed by atoms with Crippen LogP contribution in [0.1, 0.15) is 27.7 Å². The minimum atomic E-state index is -0.835. The van der Waals surface area contributed by atoms with Gasteiger partial charge in [0, 0.05) is 10.7 Å². The molecule has 0 saturated heterocycles. The van der Waals surface area contributed by atoms with Crippen molar-refractivity contribution in [3.05, 3.63) is 90.8 Å². The molecular formula is C23H14Br2N2O5. The number of carbonyl (C=O) groups excluding carboxylic acids is 1. The third-order valence-corrected chi connectivity index (χ3v) is 6.41. The van der Waals surface area contributed by atoms with E-state index in [0.717, 1.165) is 0 Å². The fourth-order valence-corrected chi connectivity index (χ4v) is 4.72. The van der Waals surface area contributed by atoms with Crippen LogP contribution in [-0.4, -0.2) is 23.1 Å². The zero-order valence-electron chi connectivity index (χ0n) is 16.5. The summed E-state index contributed by atoms with van der Waals surface area (Å²) in [7, 11) is 1.43. The van der Waals surface area contributed by atoms with E-state index in [1.807, 2.05) is 0 Å². The van der Waals surface area contributed by atoms with Gasteiger partial charge in [0.1, 0.15) is 11.4 Å². The summed E-state index contributed by atoms with van der Waals surface area (Å²) < 4.78 is 12.3. The quantitative estimate of drug-likeness (QED) is 0.373. The Kier molecular flexibility index (Phi) is 5.02. The first-order chi connectivity index (χ1) is 15.4. The molecule has 7 nitrogen and oxygen atoms in total. The van der Waals surface area contributed by atoms with Crippen molar-refractivity contribution >= 4 is 54.6 Å². The topological polar surface area (TPSA) is 92.9 Å². The maximum atomic E-state index is 13.6. The van der Waals surface area contributed by atoms with Gasteiger partial charge in [0.05, 0.1) is 28.6 Å². The summed E-state index contributed by atoms with van der Waals surface area (Å²) >= 11 is 6.71. The molecule has 0 bridgehead atoms. The smallest absolute Gasteiger partial charge is 0.296 e. The molecule has 1 aliphatic heterocycles. The van der Waals surface area contributed by atoms with Crippen LogP contribution < -0.4 is 15.1 Å². The summed E-state index contributed by atoms with van der Waals surface area (Å²) in [6.07, 6.45) is 1.57. The Morgan fingerprint density at radius 2 is 1.94 bits per heavy atom. The van der Waals surface area contributed by atoms with Gasteiger partial charge in [0.15, 0.2) is 16.9 Å². The average molecular weight is 558 g/mol. The van der Waals surface area contributed by atoms with Gasteiger partial charge in [-0.05, 0) is 64.0 Å². The third-order valence-electron chi connectivity index (χ3n) is 5.31. The first-order valence-corrected chi connectivity index (χ1v) is 11.1. The van der Waals surface area contributed by atoms with Crippen LogP contribution in [0.15, 0.2) is 72.9 Å². The second-order valence-electron chi connectivity index (χ2n) is 7.13. The molecule has 0 fully saturated rings. The van der Waals surface area contributed by atoms with Gasteiger partial charge >= 0.3 is 0 Å². The number of pyridine rings is 1. The first kappa shape index (κ1) is 20.7. The number of halogens is 2. The summed E-state index contributed by atoms with van der Waals surface area (Å²) in [5, 5.41) is 10.6. The lowest BCUT2D eigenvalue weighted by molar-refractivity contribution is 0.0970. The highest BCUT2D eigenvalue weighted by molar-refractivity contribution is 9.10. The van der Waals surface area contributed by atoms with E-state index < -0.39 is 11.9 Å². The largest absolute Gasteiger partial charge is 0.503 e. The Hall–Kier alpha value is -3.17. The maximum Gasteiger partial charge on any atom is 0.296 e. The molecule has 2 aromatic heterocycles. The van der Waals surface area contributed by atoms with Crippen molar-refractivity contribution in [1.82, 2.24) is 4.98 Å². The Labute approximate surface area is 198 Å². The zero-order chi connectivity index (χ0) is 22.6. The van der Waals surface area contributed by atoms with Gasteiger partial charge in [-0.2, -0.15) is 0 Å². The van der Waals surface area contributed by atoms with Gasteiger partial charge in [-0.3, -0.25) is 14.5 Å².